The van der Waals surface area contributed by atoms with Gasteiger partial charge in [0.2, 0.25) is 0 Å². The zero-order valence-corrected chi connectivity index (χ0v) is 7.09. The minimum atomic E-state index is 0.452. The van der Waals surface area contributed by atoms with Crippen molar-refractivity contribution in [2.75, 3.05) is 0 Å². The van der Waals surface area contributed by atoms with Crippen molar-refractivity contribution in [1.29, 1.82) is 0 Å². The van der Waals surface area contributed by atoms with Gasteiger partial charge in [-0.25, -0.2) is 4.98 Å². The van der Waals surface area contributed by atoms with Crippen molar-refractivity contribution < 1.29 is 0 Å². The highest BCUT2D eigenvalue weighted by molar-refractivity contribution is 5.56. The second kappa shape index (κ2) is 3.37. The molecule has 0 radical (unpaired) electrons. The monoisotopic (exact) mass is 174 g/mol. The predicted molar refractivity (Wildman–Crippen MR) is 49.6 cm³/mol. The Bertz CT molecular complexity index is 380. The van der Waals surface area contributed by atoms with Gasteiger partial charge >= 0.3 is 0 Å². The number of pyridine rings is 1. The molecular formula is C9H10N4. The summed E-state index contributed by atoms with van der Waals surface area (Å²) in [6.07, 6.45) is 7.13. The standard InChI is InChI=1S/C9H10N4/c10-6-13-5-9(12-7-13)8-2-1-3-11-4-8/h1-5,7H,6,10H2. The van der Waals surface area contributed by atoms with E-state index in [2.05, 4.69) is 9.97 Å². The molecule has 0 atom stereocenters. The summed E-state index contributed by atoms with van der Waals surface area (Å²) < 4.78 is 1.82. The molecule has 0 saturated heterocycles. The van der Waals surface area contributed by atoms with Crippen molar-refractivity contribution >= 4 is 0 Å². The minimum absolute atomic E-state index is 0.452. The van der Waals surface area contributed by atoms with E-state index in [1.54, 1.807) is 18.7 Å². The molecule has 0 aliphatic carbocycles. The van der Waals surface area contributed by atoms with Crippen LogP contribution in [0.15, 0.2) is 37.1 Å². The summed E-state index contributed by atoms with van der Waals surface area (Å²) in [5.41, 5.74) is 7.36. The molecule has 4 nitrogen and oxygen atoms in total. The van der Waals surface area contributed by atoms with Gasteiger partial charge in [0, 0.05) is 24.2 Å². The van der Waals surface area contributed by atoms with Crippen LogP contribution in [-0.2, 0) is 6.67 Å². The van der Waals surface area contributed by atoms with Crippen LogP contribution in [0.3, 0.4) is 0 Å². The van der Waals surface area contributed by atoms with Crippen LogP contribution in [0.25, 0.3) is 11.3 Å². The molecule has 2 aromatic heterocycles. The summed E-state index contributed by atoms with van der Waals surface area (Å²) in [5, 5.41) is 0. The lowest BCUT2D eigenvalue weighted by Crippen LogP contribution is -2.03. The second-order valence-corrected chi connectivity index (χ2v) is 2.70. The van der Waals surface area contributed by atoms with Gasteiger partial charge in [-0.3, -0.25) is 4.98 Å². The third kappa shape index (κ3) is 1.57. The third-order valence-corrected chi connectivity index (χ3v) is 1.80. The van der Waals surface area contributed by atoms with E-state index >= 15 is 0 Å². The molecule has 0 spiro atoms. The predicted octanol–water partition coefficient (Wildman–Crippen LogP) is 0.861. The Hall–Kier alpha value is -1.68. The molecule has 13 heavy (non-hydrogen) atoms. The molecule has 0 aliphatic rings. The van der Waals surface area contributed by atoms with Crippen LogP contribution in [0.5, 0.6) is 0 Å². The molecule has 0 unspecified atom stereocenters. The Morgan fingerprint density at radius 1 is 1.46 bits per heavy atom. The van der Waals surface area contributed by atoms with E-state index in [0.29, 0.717) is 6.67 Å². The molecule has 0 aliphatic heterocycles. The zero-order valence-electron chi connectivity index (χ0n) is 7.09. The van der Waals surface area contributed by atoms with Crippen molar-refractivity contribution in [2.24, 2.45) is 5.73 Å². The molecule has 0 aromatic carbocycles. The molecule has 0 saturated carbocycles. The molecule has 2 aromatic rings. The van der Waals surface area contributed by atoms with Crippen LogP contribution in [0.2, 0.25) is 0 Å². The normalized spacial score (nSPS) is 10.2. The Morgan fingerprint density at radius 2 is 2.38 bits per heavy atom. The number of rotatable bonds is 2. The Labute approximate surface area is 76.1 Å². The van der Waals surface area contributed by atoms with E-state index in [4.69, 9.17) is 5.73 Å². The first-order valence-electron chi connectivity index (χ1n) is 4.02. The summed E-state index contributed by atoms with van der Waals surface area (Å²) >= 11 is 0. The topological polar surface area (TPSA) is 56.7 Å². The van der Waals surface area contributed by atoms with Gasteiger partial charge in [-0.15, -0.1) is 0 Å². The molecule has 0 amide bonds. The highest BCUT2D eigenvalue weighted by atomic mass is 15.1. The van der Waals surface area contributed by atoms with Crippen LogP contribution in [-0.4, -0.2) is 14.5 Å². The Kier molecular flexibility index (Phi) is 2.06. The van der Waals surface area contributed by atoms with Gasteiger partial charge in [-0.2, -0.15) is 0 Å². The maximum absolute atomic E-state index is 5.45. The lowest BCUT2D eigenvalue weighted by Gasteiger charge is -1.93. The van der Waals surface area contributed by atoms with E-state index in [0.717, 1.165) is 11.3 Å². The van der Waals surface area contributed by atoms with Crippen molar-refractivity contribution in [3.63, 3.8) is 0 Å². The van der Waals surface area contributed by atoms with Crippen LogP contribution < -0.4 is 5.73 Å². The highest BCUT2D eigenvalue weighted by Gasteiger charge is 1.99. The number of hydrogen-bond acceptors (Lipinski definition) is 3. The second-order valence-electron chi connectivity index (χ2n) is 2.70. The van der Waals surface area contributed by atoms with E-state index < -0.39 is 0 Å². The molecule has 2 rings (SSSR count). The Balaban J connectivity index is 2.36. The van der Waals surface area contributed by atoms with Crippen LogP contribution in [0, 0.1) is 0 Å². The van der Waals surface area contributed by atoms with Crippen molar-refractivity contribution in [2.45, 2.75) is 6.67 Å². The van der Waals surface area contributed by atoms with Gasteiger partial charge in [0.05, 0.1) is 18.7 Å². The van der Waals surface area contributed by atoms with Gasteiger partial charge in [-0.1, -0.05) is 0 Å². The fraction of sp³-hybridized carbons (Fsp3) is 0.111. The van der Waals surface area contributed by atoms with Crippen molar-refractivity contribution in [3.05, 3.63) is 37.1 Å². The lowest BCUT2D eigenvalue weighted by atomic mass is 10.2. The quantitative estimate of drug-likeness (QED) is 0.734. The number of imidazole rings is 1. The lowest BCUT2D eigenvalue weighted by molar-refractivity contribution is 0.731. The first-order chi connectivity index (χ1) is 6.40. The van der Waals surface area contributed by atoms with E-state index in [1.807, 2.05) is 22.9 Å². The number of hydrogen-bond donors (Lipinski definition) is 1. The average Bonchev–Trinajstić information content (AvgIpc) is 2.67. The largest absolute Gasteiger partial charge is 0.324 e. The first kappa shape index (κ1) is 7.94. The van der Waals surface area contributed by atoms with E-state index in [1.165, 1.54) is 0 Å². The molecular weight excluding hydrogens is 164 g/mol. The maximum atomic E-state index is 5.45. The molecule has 66 valence electrons. The molecule has 2 heterocycles. The number of nitrogens with two attached hydrogens (primary N) is 1. The van der Waals surface area contributed by atoms with Crippen LogP contribution in [0.4, 0.5) is 0 Å². The molecule has 0 fully saturated rings. The number of nitrogens with zero attached hydrogens (tertiary/aromatic N) is 3. The van der Waals surface area contributed by atoms with Gasteiger partial charge in [0.25, 0.3) is 0 Å². The molecule has 4 heteroatoms. The van der Waals surface area contributed by atoms with Gasteiger partial charge in [0.1, 0.15) is 0 Å². The van der Waals surface area contributed by atoms with Crippen molar-refractivity contribution in [3.8, 4) is 11.3 Å². The zero-order chi connectivity index (χ0) is 9.10. The maximum Gasteiger partial charge on any atom is 0.0964 e. The summed E-state index contributed by atoms with van der Waals surface area (Å²) in [7, 11) is 0. The fourth-order valence-electron chi connectivity index (χ4n) is 1.12. The highest BCUT2D eigenvalue weighted by Crippen LogP contribution is 2.13. The average molecular weight is 174 g/mol. The first-order valence-corrected chi connectivity index (χ1v) is 4.02. The van der Waals surface area contributed by atoms with Gasteiger partial charge < -0.3 is 10.3 Å². The van der Waals surface area contributed by atoms with Gasteiger partial charge in [0.15, 0.2) is 0 Å². The van der Waals surface area contributed by atoms with E-state index in [-0.39, 0.29) is 0 Å². The number of aromatic nitrogens is 3. The smallest absolute Gasteiger partial charge is 0.0964 e. The summed E-state index contributed by atoms with van der Waals surface area (Å²) in [4.78, 5) is 8.22. The molecule has 0 bridgehead atoms. The SMILES string of the molecule is NCn1cnc(-c2cccnc2)c1. The van der Waals surface area contributed by atoms with Crippen LogP contribution in [0.1, 0.15) is 0 Å². The third-order valence-electron chi connectivity index (χ3n) is 1.80. The fourth-order valence-corrected chi connectivity index (χ4v) is 1.12. The van der Waals surface area contributed by atoms with E-state index in [9.17, 15) is 0 Å². The van der Waals surface area contributed by atoms with Crippen LogP contribution >= 0.6 is 0 Å². The summed E-state index contributed by atoms with van der Waals surface area (Å²) in [6.45, 7) is 0.452. The molecule has 2 N–H and O–H groups in total. The van der Waals surface area contributed by atoms with Gasteiger partial charge in [-0.05, 0) is 12.1 Å². The Morgan fingerprint density at radius 3 is 3.00 bits per heavy atom. The summed E-state index contributed by atoms with van der Waals surface area (Å²) in [6, 6.07) is 3.85. The summed E-state index contributed by atoms with van der Waals surface area (Å²) in [5.74, 6) is 0. The van der Waals surface area contributed by atoms with Crippen molar-refractivity contribution in [1.82, 2.24) is 14.5 Å². The minimum Gasteiger partial charge on any atom is -0.324 e.